The number of hydrogen-bond acceptors (Lipinski definition) is 2. The van der Waals surface area contributed by atoms with Crippen LogP contribution in [0.5, 0.6) is 0 Å². The Morgan fingerprint density at radius 2 is 1.79 bits per heavy atom. The molecule has 0 spiro atoms. The van der Waals surface area contributed by atoms with Crippen molar-refractivity contribution < 1.29 is 4.79 Å². The van der Waals surface area contributed by atoms with E-state index in [4.69, 9.17) is 0 Å². The van der Waals surface area contributed by atoms with E-state index in [0.29, 0.717) is 0 Å². The summed E-state index contributed by atoms with van der Waals surface area (Å²) in [6, 6.07) is 0. The molecule has 14 heavy (non-hydrogen) atoms. The van der Waals surface area contributed by atoms with Gasteiger partial charge < -0.3 is 9.80 Å². The van der Waals surface area contributed by atoms with Crippen molar-refractivity contribution in [3.05, 3.63) is 0 Å². The van der Waals surface area contributed by atoms with Gasteiger partial charge in [-0.05, 0) is 24.8 Å². The summed E-state index contributed by atoms with van der Waals surface area (Å²) in [5.74, 6) is 1.76. The normalized spacial score (nSPS) is 32.3. The summed E-state index contributed by atoms with van der Waals surface area (Å²) in [6.07, 6.45) is 1.25. The predicted octanol–water partition coefficient (Wildman–Crippen LogP) is 0.806. The predicted molar refractivity (Wildman–Crippen MR) is 56.0 cm³/mol. The summed E-state index contributed by atoms with van der Waals surface area (Å²) in [6.45, 7) is 9.57. The van der Waals surface area contributed by atoms with Crippen LogP contribution < -0.4 is 0 Å². The van der Waals surface area contributed by atoms with Crippen LogP contribution in [-0.2, 0) is 4.79 Å². The lowest BCUT2D eigenvalue weighted by Gasteiger charge is -2.19. The van der Waals surface area contributed by atoms with E-state index in [1.165, 1.54) is 26.1 Å². The summed E-state index contributed by atoms with van der Waals surface area (Å²) in [4.78, 5) is 15.8. The Balaban J connectivity index is 1.87. The van der Waals surface area contributed by atoms with Crippen molar-refractivity contribution in [2.24, 2.45) is 11.8 Å². The minimum atomic E-state index is 0.251. The van der Waals surface area contributed by atoms with Crippen LogP contribution in [0, 0.1) is 11.8 Å². The molecule has 0 unspecified atom stereocenters. The number of likely N-dealkylation sites (tertiary alicyclic amines) is 2. The standard InChI is InChI=1S/C11H20N2O/c1-3-4-12-5-10-7-13(9(2)14)8-11(10)6-12/h10-11H,3-8H2,1-2H3/t10-,11+. The second-order valence-corrected chi connectivity index (χ2v) is 4.70. The highest BCUT2D eigenvalue weighted by atomic mass is 16.2. The zero-order valence-electron chi connectivity index (χ0n) is 9.20. The number of fused-ring (bicyclic) bond motifs is 1. The van der Waals surface area contributed by atoms with Crippen molar-refractivity contribution in [1.29, 1.82) is 0 Å². The molecule has 0 aromatic rings. The minimum absolute atomic E-state index is 0.251. The summed E-state index contributed by atoms with van der Waals surface area (Å²) < 4.78 is 0. The summed E-state index contributed by atoms with van der Waals surface area (Å²) in [5, 5.41) is 0. The number of rotatable bonds is 2. The Labute approximate surface area is 86.1 Å². The molecule has 0 aromatic carbocycles. The molecule has 3 nitrogen and oxygen atoms in total. The maximum Gasteiger partial charge on any atom is 0.219 e. The third kappa shape index (κ3) is 1.78. The SMILES string of the molecule is CCCN1C[C@@H]2CN(C(C)=O)C[C@@H]2C1. The molecule has 0 N–H and O–H groups in total. The number of carbonyl (C=O) groups is 1. The first kappa shape index (κ1) is 9.97. The third-order valence-electron chi connectivity index (χ3n) is 3.55. The molecule has 2 rings (SSSR count). The molecule has 80 valence electrons. The van der Waals surface area contributed by atoms with Crippen molar-refractivity contribution >= 4 is 5.91 Å². The highest BCUT2D eigenvalue weighted by Gasteiger charge is 2.40. The molecule has 0 aliphatic carbocycles. The molecule has 0 saturated carbocycles. The maximum atomic E-state index is 11.2. The van der Waals surface area contributed by atoms with E-state index < -0.39 is 0 Å². The molecule has 0 bridgehead atoms. The molecule has 2 heterocycles. The smallest absolute Gasteiger partial charge is 0.219 e. The van der Waals surface area contributed by atoms with Crippen LogP contribution in [0.1, 0.15) is 20.3 Å². The fourth-order valence-electron chi connectivity index (χ4n) is 2.85. The molecule has 2 saturated heterocycles. The molecule has 2 aliphatic rings. The molecule has 2 atom stereocenters. The quantitative estimate of drug-likeness (QED) is 0.652. The summed E-state index contributed by atoms with van der Waals surface area (Å²) >= 11 is 0. The van der Waals surface area contributed by atoms with E-state index in [2.05, 4.69) is 11.8 Å². The van der Waals surface area contributed by atoms with Gasteiger partial charge in [-0.15, -0.1) is 0 Å². The largest absolute Gasteiger partial charge is 0.342 e. The molecule has 2 fully saturated rings. The second kappa shape index (κ2) is 3.89. The van der Waals surface area contributed by atoms with Gasteiger partial charge >= 0.3 is 0 Å². The Bertz CT molecular complexity index is 215. The molecule has 0 aromatic heterocycles. The highest BCUT2D eigenvalue weighted by molar-refractivity contribution is 5.73. The highest BCUT2D eigenvalue weighted by Crippen LogP contribution is 2.30. The van der Waals surface area contributed by atoms with Crippen LogP contribution in [0.15, 0.2) is 0 Å². The van der Waals surface area contributed by atoms with Gasteiger partial charge in [-0.2, -0.15) is 0 Å². The van der Waals surface area contributed by atoms with E-state index in [9.17, 15) is 4.79 Å². The number of amides is 1. The number of carbonyl (C=O) groups excluding carboxylic acids is 1. The van der Waals surface area contributed by atoms with Crippen molar-refractivity contribution in [2.75, 3.05) is 32.7 Å². The van der Waals surface area contributed by atoms with Gasteiger partial charge in [0.25, 0.3) is 0 Å². The monoisotopic (exact) mass is 196 g/mol. The van der Waals surface area contributed by atoms with E-state index in [-0.39, 0.29) is 5.91 Å². The fourth-order valence-corrected chi connectivity index (χ4v) is 2.85. The first-order valence-electron chi connectivity index (χ1n) is 5.68. The summed E-state index contributed by atoms with van der Waals surface area (Å²) in [5.41, 5.74) is 0. The molecule has 2 aliphatic heterocycles. The van der Waals surface area contributed by atoms with Gasteiger partial charge in [0.1, 0.15) is 0 Å². The van der Waals surface area contributed by atoms with Gasteiger partial charge in [0, 0.05) is 33.1 Å². The van der Waals surface area contributed by atoms with Crippen molar-refractivity contribution in [3.63, 3.8) is 0 Å². The van der Waals surface area contributed by atoms with Crippen LogP contribution in [-0.4, -0.2) is 48.4 Å². The lowest BCUT2D eigenvalue weighted by atomic mass is 10.0. The first-order valence-corrected chi connectivity index (χ1v) is 5.68. The van der Waals surface area contributed by atoms with E-state index >= 15 is 0 Å². The van der Waals surface area contributed by atoms with Gasteiger partial charge in [-0.1, -0.05) is 6.92 Å². The molecule has 3 heteroatoms. The fraction of sp³-hybridized carbons (Fsp3) is 0.909. The van der Waals surface area contributed by atoms with Gasteiger partial charge in [0.15, 0.2) is 0 Å². The van der Waals surface area contributed by atoms with Crippen LogP contribution in [0.4, 0.5) is 0 Å². The maximum absolute atomic E-state index is 11.2. The van der Waals surface area contributed by atoms with Crippen molar-refractivity contribution in [3.8, 4) is 0 Å². The third-order valence-corrected chi connectivity index (χ3v) is 3.55. The van der Waals surface area contributed by atoms with E-state index in [1.54, 1.807) is 6.92 Å². The number of nitrogens with zero attached hydrogens (tertiary/aromatic N) is 2. The lowest BCUT2D eigenvalue weighted by Crippen LogP contribution is -2.31. The molecule has 0 radical (unpaired) electrons. The molecular formula is C11H20N2O. The zero-order chi connectivity index (χ0) is 10.1. The van der Waals surface area contributed by atoms with Gasteiger partial charge in [0.2, 0.25) is 5.91 Å². The lowest BCUT2D eigenvalue weighted by molar-refractivity contribution is -0.128. The topological polar surface area (TPSA) is 23.6 Å². The van der Waals surface area contributed by atoms with Gasteiger partial charge in [-0.25, -0.2) is 0 Å². The Morgan fingerprint density at radius 3 is 2.21 bits per heavy atom. The summed E-state index contributed by atoms with van der Waals surface area (Å²) in [7, 11) is 0. The zero-order valence-corrected chi connectivity index (χ0v) is 9.20. The van der Waals surface area contributed by atoms with Crippen molar-refractivity contribution in [2.45, 2.75) is 20.3 Å². The molecular weight excluding hydrogens is 176 g/mol. The van der Waals surface area contributed by atoms with Gasteiger partial charge in [-0.3, -0.25) is 4.79 Å². The second-order valence-electron chi connectivity index (χ2n) is 4.70. The Kier molecular flexibility index (Phi) is 2.77. The Morgan fingerprint density at radius 1 is 1.21 bits per heavy atom. The number of hydrogen-bond donors (Lipinski definition) is 0. The molecule has 1 amide bonds. The average Bonchev–Trinajstić information content (AvgIpc) is 2.61. The van der Waals surface area contributed by atoms with Crippen molar-refractivity contribution in [1.82, 2.24) is 9.80 Å². The van der Waals surface area contributed by atoms with E-state index in [1.807, 2.05) is 4.90 Å². The van der Waals surface area contributed by atoms with Crippen LogP contribution in [0.2, 0.25) is 0 Å². The minimum Gasteiger partial charge on any atom is -0.342 e. The first-order chi connectivity index (χ1) is 6.70. The average molecular weight is 196 g/mol. The van der Waals surface area contributed by atoms with Crippen LogP contribution >= 0.6 is 0 Å². The van der Waals surface area contributed by atoms with E-state index in [0.717, 1.165) is 24.9 Å². The Hall–Kier alpha value is -0.570. The van der Waals surface area contributed by atoms with Crippen LogP contribution in [0.25, 0.3) is 0 Å². The van der Waals surface area contributed by atoms with Crippen LogP contribution in [0.3, 0.4) is 0 Å². The van der Waals surface area contributed by atoms with Gasteiger partial charge in [0.05, 0.1) is 0 Å².